The molecule has 1 fully saturated rings. The zero-order chi connectivity index (χ0) is 11.6. The average Bonchev–Trinajstić information content (AvgIpc) is 2.34. The Hall–Kier alpha value is 1.07. The molecule has 1 nitrogen and oxygen atoms in total. The van der Waals surface area contributed by atoms with Crippen LogP contribution in [0.25, 0.3) is 0 Å². The summed E-state index contributed by atoms with van der Waals surface area (Å²) < 4.78 is 5.90. The summed E-state index contributed by atoms with van der Waals surface area (Å²) in [5.41, 5.74) is 0.712. The van der Waals surface area contributed by atoms with Gasteiger partial charge in [0.15, 0.2) is 0 Å². The van der Waals surface area contributed by atoms with E-state index in [9.17, 15) is 0 Å². The number of unbranched alkanes of at least 4 members (excludes halogenated alkanes) is 5. The second kappa shape index (κ2) is 12.1. The SMILES string of the molecule is CCCCCCCC[SiH](C)C1CCCCO1.[PoH2]. The fourth-order valence-corrected chi connectivity index (χ4v) is 5.22. The molecule has 1 saturated heterocycles. The summed E-state index contributed by atoms with van der Waals surface area (Å²) >= 11 is 0. The molecule has 0 aromatic rings. The van der Waals surface area contributed by atoms with Gasteiger partial charge in [0.05, 0.1) is 8.80 Å². The summed E-state index contributed by atoms with van der Waals surface area (Å²) in [5.74, 6) is 0. The van der Waals surface area contributed by atoms with Crippen LogP contribution in [0.15, 0.2) is 0 Å². The first-order chi connectivity index (χ1) is 7.84. The molecule has 0 aromatic heterocycles. The van der Waals surface area contributed by atoms with E-state index in [1.165, 1.54) is 63.8 Å². The molecule has 1 aliphatic rings. The molecule has 1 aliphatic heterocycles. The maximum absolute atomic E-state index is 5.90. The first-order valence-electron chi connectivity index (χ1n) is 7.46. The second-order valence-corrected chi connectivity index (χ2v) is 8.71. The Morgan fingerprint density at radius 1 is 1.06 bits per heavy atom. The molecule has 0 spiro atoms. The van der Waals surface area contributed by atoms with Gasteiger partial charge in [-0.15, -0.1) is 0 Å². The van der Waals surface area contributed by atoms with Crippen molar-refractivity contribution in [3.8, 4) is 0 Å². The van der Waals surface area contributed by atoms with E-state index in [-0.39, 0.29) is 26.6 Å². The summed E-state index contributed by atoms with van der Waals surface area (Å²) in [6, 6.07) is 1.51. The minimum absolute atomic E-state index is 0. The van der Waals surface area contributed by atoms with Gasteiger partial charge in [-0.2, -0.15) is 0 Å². The second-order valence-electron chi connectivity index (χ2n) is 5.44. The summed E-state index contributed by atoms with van der Waals surface area (Å²) in [4.78, 5) is 0. The van der Waals surface area contributed by atoms with Crippen LogP contribution in [0.4, 0.5) is 0 Å². The van der Waals surface area contributed by atoms with Crippen LogP contribution in [0.3, 0.4) is 0 Å². The molecule has 0 N–H and O–H groups in total. The van der Waals surface area contributed by atoms with Gasteiger partial charge in [0, 0.05) is 12.3 Å². The molecule has 0 radical (unpaired) electrons. The van der Waals surface area contributed by atoms with E-state index in [0.717, 1.165) is 6.61 Å². The fraction of sp³-hybridized carbons (Fsp3) is 1.00. The van der Waals surface area contributed by atoms with Crippen molar-refractivity contribution >= 4 is 35.4 Å². The summed E-state index contributed by atoms with van der Waals surface area (Å²) in [6.45, 7) is 5.84. The van der Waals surface area contributed by atoms with Crippen molar-refractivity contribution in [3.63, 3.8) is 0 Å². The quantitative estimate of drug-likeness (QED) is 0.405. The Balaban J connectivity index is 0.00000256. The molecule has 0 amide bonds. The van der Waals surface area contributed by atoms with E-state index in [1.807, 2.05) is 0 Å². The number of hydrogen-bond donors (Lipinski definition) is 0. The van der Waals surface area contributed by atoms with Crippen molar-refractivity contribution in [1.29, 1.82) is 0 Å². The molecular formula is C14H32OPoSi. The zero-order valence-corrected chi connectivity index (χ0v) is 16.9. The first kappa shape index (κ1) is 18.1. The normalized spacial score (nSPS) is 21.9. The van der Waals surface area contributed by atoms with Crippen LogP contribution in [-0.4, -0.2) is 47.7 Å². The molecular weight excluding hydrogens is 421 g/mol. The Morgan fingerprint density at radius 3 is 2.41 bits per heavy atom. The Labute approximate surface area is 129 Å². The molecule has 2 unspecified atom stereocenters. The molecule has 1 heterocycles. The number of hydrogen-bond acceptors (Lipinski definition) is 1. The van der Waals surface area contributed by atoms with Crippen molar-refractivity contribution in [2.24, 2.45) is 0 Å². The van der Waals surface area contributed by atoms with Crippen LogP contribution < -0.4 is 0 Å². The minimum atomic E-state index is -0.565. The van der Waals surface area contributed by atoms with E-state index in [2.05, 4.69) is 13.5 Å². The third-order valence-corrected chi connectivity index (χ3v) is 6.98. The molecule has 0 aromatic carbocycles. The molecule has 1 rings (SSSR count). The van der Waals surface area contributed by atoms with Gasteiger partial charge < -0.3 is 4.74 Å². The van der Waals surface area contributed by atoms with Gasteiger partial charge in [0.25, 0.3) is 0 Å². The van der Waals surface area contributed by atoms with Crippen LogP contribution in [-0.2, 0) is 4.74 Å². The van der Waals surface area contributed by atoms with Gasteiger partial charge >= 0.3 is 26.6 Å². The third-order valence-electron chi connectivity index (χ3n) is 3.86. The third kappa shape index (κ3) is 8.73. The van der Waals surface area contributed by atoms with Gasteiger partial charge in [-0.05, 0) is 19.3 Å². The predicted octanol–water partition coefficient (Wildman–Crippen LogP) is 3.40. The number of ether oxygens (including phenoxy) is 1. The molecule has 2 atom stereocenters. The maximum atomic E-state index is 5.90. The number of rotatable bonds is 8. The van der Waals surface area contributed by atoms with Crippen LogP contribution >= 0.6 is 0 Å². The van der Waals surface area contributed by atoms with E-state index >= 15 is 0 Å². The van der Waals surface area contributed by atoms with Gasteiger partial charge in [0.1, 0.15) is 0 Å². The van der Waals surface area contributed by atoms with Gasteiger partial charge in [-0.3, -0.25) is 0 Å². The van der Waals surface area contributed by atoms with Crippen LogP contribution in [0.5, 0.6) is 0 Å². The van der Waals surface area contributed by atoms with Gasteiger partial charge in [0.2, 0.25) is 0 Å². The monoisotopic (exact) mass is 453 g/mol. The van der Waals surface area contributed by atoms with Crippen molar-refractivity contribution in [2.75, 3.05) is 6.61 Å². The Kier molecular flexibility index (Phi) is 12.9. The average molecular weight is 453 g/mol. The Morgan fingerprint density at radius 2 is 1.76 bits per heavy atom. The zero-order valence-electron chi connectivity index (χ0n) is 11.8. The summed E-state index contributed by atoms with van der Waals surface area (Å²) in [7, 11) is -0.565. The standard InChI is InChI=1S/C14H30OSi.Po.2H/c1-3-4-5-6-7-10-13-16(2)14-11-8-9-12-15-14;;;/h14,16H,3-13H2,1-2H3;;;. The van der Waals surface area contributed by atoms with Crippen LogP contribution in [0, 0.1) is 0 Å². The van der Waals surface area contributed by atoms with Crippen molar-refractivity contribution in [3.05, 3.63) is 0 Å². The van der Waals surface area contributed by atoms with E-state index in [4.69, 9.17) is 4.74 Å². The van der Waals surface area contributed by atoms with Gasteiger partial charge in [-0.1, -0.05) is 58.0 Å². The topological polar surface area (TPSA) is 9.23 Å². The first-order valence-corrected chi connectivity index (χ1v) is 10.1. The fourth-order valence-electron chi connectivity index (χ4n) is 2.65. The molecule has 0 bridgehead atoms. The Bertz CT molecular complexity index is 160. The summed E-state index contributed by atoms with van der Waals surface area (Å²) in [5, 5.41) is 0. The van der Waals surface area contributed by atoms with Crippen molar-refractivity contribution in [2.45, 2.75) is 83.0 Å². The van der Waals surface area contributed by atoms with Gasteiger partial charge in [-0.25, -0.2) is 0 Å². The van der Waals surface area contributed by atoms with E-state index < -0.39 is 8.80 Å². The van der Waals surface area contributed by atoms with Crippen LogP contribution in [0.1, 0.15) is 64.7 Å². The molecule has 3 heteroatoms. The molecule has 0 saturated carbocycles. The molecule has 104 valence electrons. The molecule has 0 aliphatic carbocycles. The summed E-state index contributed by atoms with van der Waals surface area (Å²) in [6.07, 6.45) is 12.7. The van der Waals surface area contributed by atoms with Crippen molar-refractivity contribution < 1.29 is 4.74 Å². The predicted molar refractivity (Wildman–Crippen MR) is 83.3 cm³/mol. The van der Waals surface area contributed by atoms with Crippen LogP contribution in [0.2, 0.25) is 12.6 Å². The van der Waals surface area contributed by atoms with Crippen molar-refractivity contribution in [1.82, 2.24) is 0 Å². The molecule has 17 heavy (non-hydrogen) atoms. The van der Waals surface area contributed by atoms with E-state index in [1.54, 1.807) is 0 Å². The van der Waals surface area contributed by atoms with E-state index in [0.29, 0.717) is 5.73 Å².